The SMILES string of the molecule is CC(=O)OC1CNC(c2cc(Br)cc3c2COCC3)C1. The molecule has 4 nitrogen and oxygen atoms in total. The van der Waals surface area contributed by atoms with Gasteiger partial charge in [0.05, 0.1) is 13.2 Å². The molecule has 0 bridgehead atoms. The van der Waals surface area contributed by atoms with Gasteiger partial charge in [0, 0.05) is 30.4 Å². The van der Waals surface area contributed by atoms with E-state index in [2.05, 4.69) is 33.4 Å². The van der Waals surface area contributed by atoms with Gasteiger partial charge < -0.3 is 14.8 Å². The fourth-order valence-electron chi connectivity index (χ4n) is 3.05. The highest BCUT2D eigenvalue weighted by Gasteiger charge is 2.30. The minimum Gasteiger partial charge on any atom is -0.461 e. The van der Waals surface area contributed by atoms with E-state index in [0.29, 0.717) is 13.2 Å². The van der Waals surface area contributed by atoms with Crippen LogP contribution in [0.25, 0.3) is 0 Å². The molecule has 3 rings (SSSR count). The lowest BCUT2D eigenvalue weighted by atomic mass is 9.92. The minimum absolute atomic E-state index is 0.0309. The molecule has 2 atom stereocenters. The Kier molecular flexibility index (Phi) is 4.10. The Morgan fingerprint density at radius 3 is 3.15 bits per heavy atom. The van der Waals surface area contributed by atoms with E-state index in [4.69, 9.17) is 9.47 Å². The van der Waals surface area contributed by atoms with Crippen molar-refractivity contribution >= 4 is 21.9 Å². The van der Waals surface area contributed by atoms with E-state index in [0.717, 1.165) is 23.9 Å². The fraction of sp³-hybridized carbons (Fsp3) is 0.533. The molecule has 2 unspecified atom stereocenters. The van der Waals surface area contributed by atoms with Gasteiger partial charge in [-0.1, -0.05) is 15.9 Å². The predicted molar refractivity (Wildman–Crippen MR) is 78.4 cm³/mol. The number of benzene rings is 1. The molecule has 0 aliphatic carbocycles. The Morgan fingerprint density at radius 2 is 2.35 bits per heavy atom. The molecule has 1 N–H and O–H groups in total. The van der Waals surface area contributed by atoms with E-state index in [1.54, 1.807) is 0 Å². The summed E-state index contributed by atoms with van der Waals surface area (Å²) < 4.78 is 12.0. The molecule has 2 heterocycles. The maximum atomic E-state index is 11.1. The van der Waals surface area contributed by atoms with Gasteiger partial charge in [-0.3, -0.25) is 4.79 Å². The first-order valence-electron chi connectivity index (χ1n) is 6.93. The van der Waals surface area contributed by atoms with Gasteiger partial charge in [-0.25, -0.2) is 0 Å². The lowest BCUT2D eigenvalue weighted by Gasteiger charge is -2.23. The smallest absolute Gasteiger partial charge is 0.302 e. The number of hydrogen-bond donors (Lipinski definition) is 1. The summed E-state index contributed by atoms with van der Waals surface area (Å²) in [6, 6.07) is 4.56. The van der Waals surface area contributed by atoms with Crippen LogP contribution in [0.1, 0.15) is 36.1 Å². The Balaban J connectivity index is 1.84. The maximum absolute atomic E-state index is 11.1. The lowest BCUT2D eigenvalue weighted by Crippen LogP contribution is -2.20. The third kappa shape index (κ3) is 2.90. The molecule has 1 aromatic rings. The fourth-order valence-corrected chi connectivity index (χ4v) is 3.57. The third-order valence-electron chi connectivity index (χ3n) is 3.90. The average Bonchev–Trinajstić information content (AvgIpc) is 2.85. The van der Waals surface area contributed by atoms with Crippen LogP contribution in [0.2, 0.25) is 0 Å². The molecule has 0 radical (unpaired) electrons. The Morgan fingerprint density at radius 1 is 1.50 bits per heavy atom. The first-order valence-corrected chi connectivity index (χ1v) is 7.72. The molecule has 1 saturated heterocycles. The van der Waals surface area contributed by atoms with Gasteiger partial charge in [0.2, 0.25) is 0 Å². The number of carbonyl (C=O) groups is 1. The zero-order valence-corrected chi connectivity index (χ0v) is 13.0. The van der Waals surface area contributed by atoms with Crippen LogP contribution < -0.4 is 5.32 Å². The Labute approximate surface area is 127 Å². The van der Waals surface area contributed by atoms with Crippen LogP contribution >= 0.6 is 15.9 Å². The summed E-state index contributed by atoms with van der Waals surface area (Å²) >= 11 is 3.59. The number of rotatable bonds is 2. The monoisotopic (exact) mass is 339 g/mol. The van der Waals surface area contributed by atoms with Crippen LogP contribution in [0.5, 0.6) is 0 Å². The van der Waals surface area contributed by atoms with Gasteiger partial charge in [-0.2, -0.15) is 0 Å². The molecule has 0 spiro atoms. The summed E-state index contributed by atoms with van der Waals surface area (Å²) in [4.78, 5) is 11.1. The van der Waals surface area contributed by atoms with E-state index in [9.17, 15) is 4.79 Å². The van der Waals surface area contributed by atoms with Crippen molar-refractivity contribution < 1.29 is 14.3 Å². The maximum Gasteiger partial charge on any atom is 0.302 e. The molecule has 20 heavy (non-hydrogen) atoms. The quantitative estimate of drug-likeness (QED) is 0.841. The summed E-state index contributed by atoms with van der Waals surface area (Å²) in [5.74, 6) is -0.211. The van der Waals surface area contributed by atoms with E-state index >= 15 is 0 Å². The van der Waals surface area contributed by atoms with Crippen LogP contribution in [0, 0.1) is 0 Å². The van der Waals surface area contributed by atoms with Gasteiger partial charge in [0.1, 0.15) is 6.10 Å². The molecule has 108 valence electrons. The topological polar surface area (TPSA) is 47.6 Å². The Hall–Kier alpha value is -0.910. The predicted octanol–water partition coefficient (Wildman–Crippen LogP) is 2.49. The summed E-state index contributed by atoms with van der Waals surface area (Å²) in [7, 11) is 0. The molecule has 1 aromatic carbocycles. The second-order valence-electron chi connectivity index (χ2n) is 5.36. The van der Waals surface area contributed by atoms with Crippen molar-refractivity contribution in [1.29, 1.82) is 0 Å². The highest BCUT2D eigenvalue weighted by Crippen LogP contribution is 2.34. The van der Waals surface area contributed by atoms with Gasteiger partial charge in [-0.15, -0.1) is 0 Å². The van der Waals surface area contributed by atoms with Crippen molar-refractivity contribution in [3.05, 3.63) is 33.3 Å². The molecule has 5 heteroatoms. The van der Waals surface area contributed by atoms with Crippen LogP contribution in [0.15, 0.2) is 16.6 Å². The second kappa shape index (κ2) is 5.84. The van der Waals surface area contributed by atoms with E-state index < -0.39 is 0 Å². The first kappa shape index (κ1) is 14.0. The summed E-state index contributed by atoms with van der Waals surface area (Å²) in [5, 5.41) is 3.45. The lowest BCUT2D eigenvalue weighted by molar-refractivity contribution is -0.145. The van der Waals surface area contributed by atoms with E-state index in [1.807, 2.05) is 0 Å². The molecule has 0 saturated carbocycles. The average molecular weight is 340 g/mol. The van der Waals surface area contributed by atoms with Crippen LogP contribution in [0.3, 0.4) is 0 Å². The van der Waals surface area contributed by atoms with Gasteiger partial charge >= 0.3 is 5.97 Å². The summed E-state index contributed by atoms with van der Waals surface area (Å²) in [5.41, 5.74) is 3.92. The third-order valence-corrected chi connectivity index (χ3v) is 4.36. The van der Waals surface area contributed by atoms with Crippen molar-refractivity contribution in [3.63, 3.8) is 0 Å². The number of ether oxygens (including phenoxy) is 2. The first-order chi connectivity index (χ1) is 9.63. The van der Waals surface area contributed by atoms with Gasteiger partial charge in [-0.05, 0) is 35.2 Å². The Bertz CT molecular complexity index is 532. The van der Waals surface area contributed by atoms with Crippen molar-refractivity contribution in [2.24, 2.45) is 0 Å². The minimum atomic E-state index is -0.211. The van der Waals surface area contributed by atoms with Crippen LogP contribution in [-0.2, 0) is 27.3 Å². The molecule has 0 amide bonds. The number of hydrogen-bond acceptors (Lipinski definition) is 4. The van der Waals surface area contributed by atoms with Gasteiger partial charge in [0.25, 0.3) is 0 Å². The van der Waals surface area contributed by atoms with Crippen LogP contribution in [0.4, 0.5) is 0 Å². The summed E-state index contributed by atoms with van der Waals surface area (Å²) in [6.07, 6.45) is 1.75. The van der Waals surface area contributed by atoms with Crippen molar-refractivity contribution in [2.45, 2.75) is 38.5 Å². The number of halogens is 1. The zero-order chi connectivity index (χ0) is 14.1. The molecular weight excluding hydrogens is 322 g/mol. The largest absolute Gasteiger partial charge is 0.461 e. The van der Waals surface area contributed by atoms with E-state index in [1.165, 1.54) is 23.6 Å². The normalized spacial score (nSPS) is 25.3. The zero-order valence-electron chi connectivity index (χ0n) is 11.4. The van der Waals surface area contributed by atoms with Crippen molar-refractivity contribution in [2.75, 3.05) is 13.2 Å². The van der Waals surface area contributed by atoms with Crippen LogP contribution in [-0.4, -0.2) is 25.2 Å². The number of esters is 1. The molecule has 0 aromatic heterocycles. The van der Waals surface area contributed by atoms with Crippen molar-refractivity contribution in [1.82, 2.24) is 5.32 Å². The number of nitrogens with one attached hydrogen (secondary N) is 1. The molecule has 2 aliphatic heterocycles. The number of fused-ring (bicyclic) bond motifs is 1. The highest BCUT2D eigenvalue weighted by atomic mass is 79.9. The van der Waals surface area contributed by atoms with Gasteiger partial charge in [0.15, 0.2) is 0 Å². The summed E-state index contributed by atoms with van der Waals surface area (Å²) in [6.45, 7) is 3.64. The molecule has 1 fully saturated rings. The highest BCUT2D eigenvalue weighted by molar-refractivity contribution is 9.10. The molecule has 2 aliphatic rings. The standard InChI is InChI=1S/C15H18BrNO3/c1-9(18)20-12-6-15(17-7-12)13-5-11(16)4-10-2-3-19-8-14(10)13/h4-5,12,15,17H,2-3,6-8H2,1H3. The second-order valence-corrected chi connectivity index (χ2v) is 6.28. The number of carbonyl (C=O) groups excluding carboxylic acids is 1. The van der Waals surface area contributed by atoms with Crippen molar-refractivity contribution in [3.8, 4) is 0 Å². The molecular formula is C15H18BrNO3. The van der Waals surface area contributed by atoms with E-state index in [-0.39, 0.29) is 18.1 Å².